The molecule has 7 nitrogen and oxygen atoms in total. The second-order valence-electron chi connectivity index (χ2n) is 3.35. The molecular formula is C11H9NO6. The molecule has 94 valence electrons. The summed E-state index contributed by atoms with van der Waals surface area (Å²) in [6, 6.07) is 3.35. The SMILES string of the molecule is C=C(C)OC(=O)c1cccc([N+](=O)[O-])c1C(=O)O. The van der Waals surface area contributed by atoms with E-state index in [-0.39, 0.29) is 11.3 Å². The number of allylic oxidation sites excluding steroid dienone is 1. The Hall–Kier alpha value is -2.70. The summed E-state index contributed by atoms with van der Waals surface area (Å²) in [5.74, 6) is -2.51. The van der Waals surface area contributed by atoms with Crippen LogP contribution >= 0.6 is 0 Å². The monoisotopic (exact) mass is 251 g/mol. The van der Waals surface area contributed by atoms with Gasteiger partial charge < -0.3 is 9.84 Å². The topological polar surface area (TPSA) is 107 Å². The molecule has 0 aliphatic heterocycles. The average molecular weight is 251 g/mol. The van der Waals surface area contributed by atoms with Crippen molar-refractivity contribution in [3.63, 3.8) is 0 Å². The maximum Gasteiger partial charge on any atom is 0.344 e. The number of hydrogen-bond donors (Lipinski definition) is 1. The number of carboxylic acid groups (broad SMARTS) is 1. The Morgan fingerprint density at radius 1 is 1.44 bits per heavy atom. The third-order valence-corrected chi connectivity index (χ3v) is 1.94. The fourth-order valence-electron chi connectivity index (χ4n) is 1.30. The molecule has 0 bridgehead atoms. The summed E-state index contributed by atoms with van der Waals surface area (Å²) in [5.41, 5.74) is -1.76. The Morgan fingerprint density at radius 2 is 2.06 bits per heavy atom. The Balaban J connectivity index is 3.40. The van der Waals surface area contributed by atoms with Gasteiger partial charge in [0.05, 0.1) is 16.2 Å². The quantitative estimate of drug-likeness (QED) is 0.379. The normalized spacial score (nSPS) is 9.61. The molecule has 0 atom stereocenters. The van der Waals surface area contributed by atoms with Crippen molar-refractivity contribution < 1.29 is 24.4 Å². The van der Waals surface area contributed by atoms with Crippen LogP contribution < -0.4 is 0 Å². The van der Waals surface area contributed by atoms with E-state index in [1.165, 1.54) is 13.0 Å². The average Bonchev–Trinajstić information content (AvgIpc) is 2.26. The van der Waals surface area contributed by atoms with Crippen molar-refractivity contribution >= 4 is 17.6 Å². The standard InChI is InChI=1S/C11H9NO6/c1-6(2)18-11(15)7-4-3-5-8(12(16)17)9(7)10(13)14/h3-5H,1H2,2H3,(H,13,14). The van der Waals surface area contributed by atoms with Gasteiger partial charge in [-0.05, 0) is 13.0 Å². The number of carboxylic acids is 1. The molecule has 0 fully saturated rings. The Labute approximate surface area is 101 Å². The maximum atomic E-state index is 11.6. The van der Waals surface area contributed by atoms with Gasteiger partial charge in [0.2, 0.25) is 0 Å². The highest BCUT2D eigenvalue weighted by atomic mass is 16.6. The van der Waals surface area contributed by atoms with Crippen LogP contribution in [0.25, 0.3) is 0 Å². The molecule has 0 aliphatic carbocycles. The summed E-state index contributed by atoms with van der Waals surface area (Å²) in [5, 5.41) is 19.6. The number of benzene rings is 1. The molecule has 0 saturated heterocycles. The molecule has 0 saturated carbocycles. The van der Waals surface area contributed by atoms with Crippen LogP contribution in [0.4, 0.5) is 5.69 Å². The molecule has 1 N–H and O–H groups in total. The zero-order valence-corrected chi connectivity index (χ0v) is 9.37. The van der Waals surface area contributed by atoms with Crippen molar-refractivity contribution in [2.45, 2.75) is 6.92 Å². The van der Waals surface area contributed by atoms with Crippen molar-refractivity contribution in [3.05, 3.63) is 51.8 Å². The smallest absolute Gasteiger partial charge is 0.344 e. The van der Waals surface area contributed by atoms with Gasteiger partial charge in [0.15, 0.2) is 5.56 Å². The van der Waals surface area contributed by atoms with E-state index in [0.29, 0.717) is 0 Å². The Bertz CT molecular complexity index is 548. The number of ether oxygens (including phenoxy) is 1. The maximum absolute atomic E-state index is 11.6. The van der Waals surface area contributed by atoms with Crippen molar-refractivity contribution in [1.82, 2.24) is 0 Å². The van der Waals surface area contributed by atoms with E-state index in [2.05, 4.69) is 11.3 Å². The number of aromatic carboxylic acids is 1. The number of esters is 1. The number of rotatable bonds is 4. The summed E-state index contributed by atoms with van der Waals surface area (Å²) in [6.07, 6.45) is 0. The van der Waals surface area contributed by atoms with Gasteiger partial charge in [0, 0.05) is 6.07 Å². The van der Waals surface area contributed by atoms with Crippen LogP contribution in [-0.4, -0.2) is 22.0 Å². The molecular weight excluding hydrogens is 242 g/mol. The van der Waals surface area contributed by atoms with Gasteiger partial charge in [-0.25, -0.2) is 9.59 Å². The summed E-state index contributed by atoms with van der Waals surface area (Å²) in [4.78, 5) is 32.4. The molecule has 0 amide bonds. The number of nitrogens with zero attached hydrogens (tertiary/aromatic N) is 1. The van der Waals surface area contributed by atoms with Crippen LogP contribution in [0.5, 0.6) is 0 Å². The number of carbonyl (C=O) groups excluding carboxylic acids is 1. The lowest BCUT2D eigenvalue weighted by atomic mass is 10.1. The second kappa shape index (κ2) is 5.09. The second-order valence-corrected chi connectivity index (χ2v) is 3.35. The number of nitro groups is 1. The van der Waals surface area contributed by atoms with Crippen LogP contribution in [0, 0.1) is 10.1 Å². The summed E-state index contributed by atoms with van der Waals surface area (Å²) >= 11 is 0. The Kier molecular flexibility index (Phi) is 3.78. The first-order chi connectivity index (χ1) is 8.34. The van der Waals surface area contributed by atoms with Crippen molar-refractivity contribution in [3.8, 4) is 0 Å². The van der Waals surface area contributed by atoms with E-state index < -0.39 is 28.1 Å². The highest BCUT2D eigenvalue weighted by Gasteiger charge is 2.27. The van der Waals surface area contributed by atoms with E-state index in [4.69, 9.17) is 5.11 Å². The number of hydrogen-bond acceptors (Lipinski definition) is 5. The molecule has 0 radical (unpaired) electrons. The number of nitro benzene ring substituents is 1. The van der Waals surface area contributed by atoms with Crippen LogP contribution in [0.2, 0.25) is 0 Å². The fourth-order valence-corrected chi connectivity index (χ4v) is 1.30. The summed E-state index contributed by atoms with van der Waals surface area (Å²) in [6.45, 7) is 4.73. The minimum atomic E-state index is -1.57. The van der Waals surface area contributed by atoms with Crippen LogP contribution in [0.15, 0.2) is 30.5 Å². The largest absolute Gasteiger partial charge is 0.477 e. The van der Waals surface area contributed by atoms with Gasteiger partial charge in [-0.15, -0.1) is 0 Å². The van der Waals surface area contributed by atoms with Gasteiger partial charge >= 0.3 is 11.9 Å². The molecule has 0 aliphatic rings. The van der Waals surface area contributed by atoms with Crippen LogP contribution in [-0.2, 0) is 4.74 Å². The lowest BCUT2D eigenvalue weighted by molar-refractivity contribution is -0.385. The molecule has 1 rings (SSSR count). The minimum absolute atomic E-state index is 0.0582. The molecule has 0 aromatic heterocycles. The van der Waals surface area contributed by atoms with E-state index in [0.717, 1.165) is 12.1 Å². The highest BCUT2D eigenvalue weighted by Crippen LogP contribution is 2.23. The fraction of sp³-hybridized carbons (Fsp3) is 0.0909. The molecule has 7 heteroatoms. The van der Waals surface area contributed by atoms with E-state index in [9.17, 15) is 19.7 Å². The van der Waals surface area contributed by atoms with Gasteiger partial charge in [0.25, 0.3) is 5.69 Å². The van der Waals surface area contributed by atoms with Gasteiger partial charge in [-0.1, -0.05) is 12.6 Å². The lowest BCUT2D eigenvalue weighted by Crippen LogP contribution is -2.13. The predicted octanol–water partition coefficient (Wildman–Crippen LogP) is 1.98. The molecule has 1 aromatic rings. The highest BCUT2D eigenvalue weighted by molar-refractivity contribution is 6.05. The first-order valence-electron chi connectivity index (χ1n) is 4.73. The molecule has 0 unspecified atom stereocenters. The van der Waals surface area contributed by atoms with E-state index in [1.807, 2.05) is 0 Å². The first-order valence-corrected chi connectivity index (χ1v) is 4.73. The van der Waals surface area contributed by atoms with Gasteiger partial charge in [-0.3, -0.25) is 10.1 Å². The first kappa shape index (κ1) is 13.4. The zero-order valence-electron chi connectivity index (χ0n) is 9.37. The third kappa shape index (κ3) is 2.70. The van der Waals surface area contributed by atoms with Crippen LogP contribution in [0.1, 0.15) is 27.6 Å². The zero-order chi connectivity index (χ0) is 13.9. The molecule has 18 heavy (non-hydrogen) atoms. The molecule has 0 spiro atoms. The molecule has 0 heterocycles. The van der Waals surface area contributed by atoms with Gasteiger partial charge in [-0.2, -0.15) is 0 Å². The Morgan fingerprint density at radius 3 is 2.50 bits per heavy atom. The van der Waals surface area contributed by atoms with Crippen molar-refractivity contribution in [2.24, 2.45) is 0 Å². The lowest BCUT2D eigenvalue weighted by Gasteiger charge is -2.06. The van der Waals surface area contributed by atoms with Crippen molar-refractivity contribution in [1.29, 1.82) is 0 Å². The van der Waals surface area contributed by atoms with Crippen LogP contribution in [0.3, 0.4) is 0 Å². The third-order valence-electron chi connectivity index (χ3n) is 1.94. The van der Waals surface area contributed by atoms with E-state index in [1.54, 1.807) is 0 Å². The van der Waals surface area contributed by atoms with E-state index >= 15 is 0 Å². The summed E-state index contributed by atoms with van der Waals surface area (Å²) in [7, 11) is 0. The minimum Gasteiger partial charge on any atom is -0.477 e. The predicted molar refractivity (Wildman–Crippen MR) is 60.3 cm³/mol. The van der Waals surface area contributed by atoms with Gasteiger partial charge in [0.1, 0.15) is 0 Å². The number of carbonyl (C=O) groups is 2. The summed E-state index contributed by atoms with van der Waals surface area (Å²) < 4.78 is 4.64. The van der Waals surface area contributed by atoms with Crippen molar-refractivity contribution in [2.75, 3.05) is 0 Å². The molecule has 1 aromatic carbocycles.